The lowest BCUT2D eigenvalue weighted by atomic mass is 10.0. The Bertz CT molecular complexity index is 1090. The standard InChI is InChI=1S/C22H24F2N4O3/c23-14-3-4-19(24)17(10-14)20-2-1-7-27(20)15-5-8-28-21(11-15)18(13-26-28)22(31)25-12-16(30)6-9-29/h3-5,8,10-11,13,16,20,29-30H,1-2,6-7,9,12H2,(H,25,31)/t16-,20-/m1/s1. The number of anilines is 1. The molecule has 9 heteroatoms. The maximum absolute atomic E-state index is 14.4. The summed E-state index contributed by atoms with van der Waals surface area (Å²) in [5, 5.41) is 25.4. The maximum Gasteiger partial charge on any atom is 0.255 e. The first kappa shape index (κ1) is 21.2. The molecule has 3 heterocycles. The zero-order valence-corrected chi connectivity index (χ0v) is 16.8. The normalized spacial score (nSPS) is 17.3. The molecule has 3 N–H and O–H groups in total. The fourth-order valence-corrected chi connectivity index (χ4v) is 4.05. The molecule has 31 heavy (non-hydrogen) atoms. The number of fused-ring (bicyclic) bond motifs is 1. The van der Waals surface area contributed by atoms with Crippen molar-refractivity contribution in [1.82, 2.24) is 14.9 Å². The van der Waals surface area contributed by atoms with Gasteiger partial charge in [-0.05, 0) is 49.6 Å². The lowest BCUT2D eigenvalue weighted by molar-refractivity contribution is 0.0891. The number of pyridine rings is 1. The zero-order chi connectivity index (χ0) is 22.0. The lowest BCUT2D eigenvalue weighted by Crippen LogP contribution is -2.32. The minimum absolute atomic E-state index is 0.0173. The molecule has 0 aliphatic carbocycles. The first-order chi connectivity index (χ1) is 15.0. The number of nitrogens with zero attached hydrogens (tertiary/aromatic N) is 3. The summed E-state index contributed by atoms with van der Waals surface area (Å²) in [5.74, 6) is -1.31. The first-order valence-electron chi connectivity index (χ1n) is 10.2. The number of rotatable bonds is 7. The summed E-state index contributed by atoms with van der Waals surface area (Å²) in [7, 11) is 0. The highest BCUT2D eigenvalue weighted by atomic mass is 19.1. The van der Waals surface area contributed by atoms with Crippen molar-refractivity contribution < 1.29 is 23.8 Å². The predicted octanol–water partition coefficient (Wildman–Crippen LogP) is 2.43. The van der Waals surface area contributed by atoms with E-state index in [1.807, 2.05) is 17.0 Å². The zero-order valence-electron chi connectivity index (χ0n) is 16.8. The quantitative estimate of drug-likeness (QED) is 0.536. The van der Waals surface area contributed by atoms with E-state index in [9.17, 15) is 18.7 Å². The molecule has 2 atom stereocenters. The number of aliphatic hydroxyl groups excluding tert-OH is 2. The van der Waals surface area contributed by atoms with Gasteiger partial charge in [0.25, 0.3) is 5.91 Å². The summed E-state index contributed by atoms with van der Waals surface area (Å²) in [4.78, 5) is 14.6. The Morgan fingerprint density at radius 1 is 1.29 bits per heavy atom. The Morgan fingerprint density at radius 2 is 2.13 bits per heavy atom. The molecule has 164 valence electrons. The van der Waals surface area contributed by atoms with Gasteiger partial charge < -0.3 is 20.4 Å². The SMILES string of the molecule is O=C(NC[C@H](O)CCO)c1cnn2ccc(N3CCC[C@@H]3c3cc(F)ccc3F)cc12. The summed E-state index contributed by atoms with van der Waals surface area (Å²) in [6.07, 6.45) is 4.03. The molecule has 4 rings (SSSR count). The minimum atomic E-state index is -0.835. The van der Waals surface area contributed by atoms with Gasteiger partial charge in [-0.15, -0.1) is 0 Å². The fourth-order valence-electron chi connectivity index (χ4n) is 4.05. The van der Waals surface area contributed by atoms with Crippen LogP contribution in [0.3, 0.4) is 0 Å². The van der Waals surface area contributed by atoms with Crippen LogP contribution in [0.15, 0.2) is 42.7 Å². The summed E-state index contributed by atoms with van der Waals surface area (Å²) in [6, 6.07) is 6.84. The molecular weight excluding hydrogens is 406 g/mol. The summed E-state index contributed by atoms with van der Waals surface area (Å²) < 4.78 is 29.7. The van der Waals surface area contributed by atoms with Gasteiger partial charge in [0.1, 0.15) is 11.6 Å². The fraction of sp³-hybridized carbons (Fsp3) is 0.364. The second-order valence-corrected chi connectivity index (χ2v) is 7.67. The van der Waals surface area contributed by atoms with Gasteiger partial charge in [-0.1, -0.05) is 0 Å². The average Bonchev–Trinajstić information content (AvgIpc) is 3.40. The second-order valence-electron chi connectivity index (χ2n) is 7.67. The molecule has 3 aromatic rings. The lowest BCUT2D eigenvalue weighted by Gasteiger charge is -2.27. The third-order valence-electron chi connectivity index (χ3n) is 5.61. The molecular formula is C22H24F2N4O3. The van der Waals surface area contributed by atoms with Crippen molar-refractivity contribution in [2.45, 2.75) is 31.4 Å². The first-order valence-corrected chi connectivity index (χ1v) is 10.2. The number of halogens is 2. The molecule has 2 aromatic heterocycles. The maximum atomic E-state index is 14.4. The van der Waals surface area contributed by atoms with Crippen LogP contribution in [-0.2, 0) is 0 Å². The smallest absolute Gasteiger partial charge is 0.255 e. The van der Waals surface area contributed by atoms with Crippen LogP contribution in [0.1, 0.15) is 41.2 Å². The van der Waals surface area contributed by atoms with E-state index in [1.165, 1.54) is 12.3 Å². The molecule has 1 aliphatic heterocycles. The van der Waals surface area contributed by atoms with Crippen molar-refractivity contribution in [1.29, 1.82) is 0 Å². The Hall–Kier alpha value is -3.04. The van der Waals surface area contributed by atoms with Crippen LogP contribution >= 0.6 is 0 Å². The highest BCUT2D eigenvalue weighted by molar-refractivity contribution is 6.01. The summed E-state index contributed by atoms with van der Waals surface area (Å²) >= 11 is 0. The van der Waals surface area contributed by atoms with E-state index in [4.69, 9.17) is 5.11 Å². The van der Waals surface area contributed by atoms with Crippen molar-refractivity contribution >= 4 is 17.1 Å². The molecule has 1 aliphatic rings. The minimum Gasteiger partial charge on any atom is -0.396 e. The molecule has 0 radical (unpaired) electrons. The summed E-state index contributed by atoms with van der Waals surface area (Å²) in [6.45, 7) is 0.531. The van der Waals surface area contributed by atoms with Crippen molar-refractivity contribution in [3.05, 3.63) is 65.5 Å². The largest absolute Gasteiger partial charge is 0.396 e. The number of nitrogens with one attached hydrogen (secondary N) is 1. The topological polar surface area (TPSA) is 90.1 Å². The van der Waals surface area contributed by atoms with Gasteiger partial charge in [0.15, 0.2) is 0 Å². The van der Waals surface area contributed by atoms with Gasteiger partial charge in [-0.25, -0.2) is 13.3 Å². The number of aliphatic hydroxyl groups is 2. The van der Waals surface area contributed by atoms with E-state index in [-0.39, 0.29) is 25.6 Å². The molecule has 7 nitrogen and oxygen atoms in total. The van der Waals surface area contributed by atoms with E-state index in [0.717, 1.165) is 24.2 Å². The van der Waals surface area contributed by atoms with Crippen LogP contribution in [0.2, 0.25) is 0 Å². The van der Waals surface area contributed by atoms with Gasteiger partial charge >= 0.3 is 0 Å². The van der Waals surface area contributed by atoms with Crippen LogP contribution < -0.4 is 10.2 Å². The van der Waals surface area contributed by atoms with E-state index in [1.54, 1.807) is 10.7 Å². The van der Waals surface area contributed by atoms with Crippen LogP contribution in [-0.4, -0.2) is 51.5 Å². The van der Waals surface area contributed by atoms with E-state index >= 15 is 0 Å². The Morgan fingerprint density at radius 3 is 2.94 bits per heavy atom. The molecule has 1 aromatic carbocycles. The van der Waals surface area contributed by atoms with Crippen LogP contribution in [0.4, 0.5) is 14.5 Å². The highest BCUT2D eigenvalue weighted by Gasteiger charge is 2.29. The summed E-state index contributed by atoms with van der Waals surface area (Å²) in [5.41, 5.74) is 2.01. The van der Waals surface area contributed by atoms with Crippen molar-refractivity contribution in [2.24, 2.45) is 0 Å². The third kappa shape index (κ3) is 4.38. The average molecular weight is 430 g/mol. The molecule has 0 spiro atoms. The van der Waals surface area contributed by atoms with E-state index < -0.39 is 23.6 Å². The predicted molar refractivity (Wildman–Crippen MR) is 111 cm³/mol. The molecule has 1 fully saturated rings. The van der Waals surface area contributed by atoms with Gasteiger partial charge in [0.05, 0.1) is 29.4 Å². The number of hydrogen-bond donors (Lipinski definition) is 3. The van der Waals surface area contributed by atoms with Crippen LogP contribution in [0.25, 0.3) is 5.52 Å². The Balaban J connectivity index is 1.61. The molecule has 0 bridgehead atoms. The monoisotopic (exact) mass is 430 g/mol. The number of carbonyl (C=O) groups excluding carboxylic acids is 1. The number of hydrogen-bond acceptors (Lipinski definition) is 5. The number of amides is 1. The molecule has 0 saturated carbocycles. The van der Waals surface area contributed by atoms with E-state index in [2.05, 4.69) is 10.4 Å². The van der Waals surface area contributed by atoms with Crippen molar-refractivity contribution in [3.8, 4) is 0 Å². The van der Waals surface area contributed by atoms with Crippen LogP contribution in [0.5, 0.6) is 0 Å². The van der Waals surface area contributed by atoms with Crippen molar-refractivity contribution in [2.75, 3.05) is 24.6 Å². The Labute approximate surface area is 177 Å². The number of carbonyl (C=O) groups is 1. The van der Waals surface area contributed by atoms with Gasteiger partial charge in [0.2, 0.25) is 0 Å². The van der Waals surface area contributed by atoms with Gasteiger partial charge in [-0.3, -0.25) is 4.79 Å². The third-order valence-corrected chi connectivity index (χ3v) is 5.61. The van der Waals surface area contributed by atoms with Gasteiger partial charge in [-0.2, -0.15) is 5.10 Å². The second kappa shape index (κ2) is 8.99. The number of benzene rings is 1. The molecule has 1 saturated heterocycles. The molecule has 0 unspecified atom stereocenters. The van der Waals surface area contributed by atoms with Gasteiger partial charge in [0, 0.05) is 37.1 Å². The Kier molecular flexibility index (Phi) is 6.15. The van der Waals surface area contributed by atoms with Crippen LogP contribution in [0, 0.1) is 11.6 Å². The van der Waals surface area contributed by atoms with Crippen molar-refractivity contribution in [3.63, 3.8) is 0 Å². The highest BCUT2D eigenvalue weighted by Crippen LogP contribution is 2.38. The molecule has 1 amide bonds. The van der Waals surface area contributed by atoms with E-state index in [0.29, 0.717) is 29.6 Å². The number of aromatic nitrogens is 2.